The summed E-state index contributed by atoms with van der Waals surface area (Å²) in [6, 6.07) is -0.148. The second-order valence-electron chi connectivity index (χ2n) is 2.82. The van der Waals surface area contributed by atoms with Crippen LogP contribution in [0.15, 0.2) is 0 Å². The molecule has 1 heterocycles. The number of carboxylic acids is 1. The maximum Gasteiger partial charge on any atom is 0.308 e. The molecule has 1 fully saturated rings. The standard InChI is InChI=1S/C7H11NO3/c1-5-6(7(10)11)2-3-8(5)4-9/h4-6H,2-3H2,1H3,(H,10,11). The molecule has 1 aliphatic rings. The number of rotatable bonds is 2. The van der Waals surface area contributed by atoms with Gasteiger partial charge in [0, 0.05) is 12.6 Å². The van der Waals surface area contributed by atoms with E-state index in [0.717, 1.165) is 0 Å². The molecule has 0 aromatic carbocycles. The molecular formula is C7H11NO3. The highest BCUT2D eigenvalue weighted by Gasteiger charge is 2.34. The lowest BCUT2D eigenvalue weighted by Gasteiger charge is -2.17. The molecule has 0 aromatic rings. The second-order valence-corrected chi connectivity index (χ2v) is 2.82. The van der Waals surface area contributed by atoms with Crippen LogP contribution in [0.3, 0.4) is 0 Å². The summed E-state index contributed by atoms with van der Waals surface area (Å²) in [6.45, 7) is 2.34. The fourth-order valence-corrected chi connectivity index (χ4v) is 1.44. The number of nitrogens with zero attached hydrogens (tertiary/aromatic N) is 1. The summed E-state index contributed by atoms with van der Waals surface area (Å²) in [4.78, 5) is 22.4. The van der Waals surface area contributed by atoms with Gasteiger partial charge in [-0.05, 0) is 13.3 Å². The quantitative estimate of drug-likeness (QED) is 0.571. The Balaban J connectivity index is 2.62. The van der Waals surface area contributed by atoms with Crippen molar-refractivity contribution in [1.29, 1.82) is 0 Å². The molecule has 0 aliphatic carbocycles. The SMILES string of the molecule is CC1C(C(=O)O)CCN1C=O. The van der Waals surface area contributed by atoms with Crippen molar-refractivity contribution in [2.75, 3.05) is 6.54 Å². The molecule has 0 radical (unpaired) electrons. The van der Waals surface area contributed by atoms with Crippen LogP contribution in [0, 0.1) is 5.92 Å². The van der Waals surface area contributed by atoms with E-state index < -0.39 is 5.97 Å². The molecule has 1 rings (SSSR count). The Bertz CT molecular complexity index is 181. The predicted octanol–water partition coefficient (Wildman–Crippen LogP) is -0.0622. The first kappa shape index (κ1) is 8.04. The first-order valence-electron chi connectivity index (χ1n) is 3.60. The topological polar surface area (TPSA) is 57.6 Å². The van der Waals surface area contributed by atoms with Crippen molar-refractivity contribution in [3.63, 3.8) is 0 Å². The smallest absolute Gasteiger partial charge is 0.308 e. The molecule has 62 valence electrons. The van der Waals surface area contributed by atoms with Gasteiger partial charge < -0.3 is 10.0 Å². The average Bonchev–Trinajstić information content (AvgIpc) is 2.30. The zero-order valence-electron chi connectivity index (χ0n) is 6.36. The van der Waals surface area contributed by atoms with Crippen LogP contribution in [-0.4, -0.2) is 35.0 Å². The Morgan fingerprint density at radius 2 is 2.36 bits per heavy atom. The van der Waals surface area contributed by atoms with Gasteiger partial charge in [-0.3, -0.25) is 9.59 Å². The molecule has 1 N–H and O–H groups in total. The van der Waals surface area contributed by atoms with E-state index >= 15 is 0 Å². The Morgan fingerprint density at radius 1 is 1.73 bits per heavy atom. The van der Waals surface area contributed by atoms with Crippen LogP contribution in [-0.2, 0) is 9.59 Å². The van der Waals surface area contributed by atoms with E-state index in [-0.39, 0.29) is 12.0 Å². The largest absolute Gasteiger partial charge is 0.481 e. The third-order valence-electron chi connectivity index (χ3n) is 2.26. The fraction of sp³-hybridized carbons (Fsp3) is 0.714. The highest BCUT2D eigenvalue weighted by molar-refractivity contribution is 5.72. The van der Waals surface area contributed by atoms with E-state index in [2.05, 4.69) is 0 Å². The summed E-state index contributed by atoms with van der Waals surface area (Å²) < 4.78 is 0. The van der Waals surface area contributed by atoms with Gasteiger partial charge in [-0.1, -0.05) is 0 Å². The summed E-state index contributed by atoms with van der Waals surface area (Å²) in [5.41, 5.74) is 0. The van der Waals surface area contributed by atoms with Crippen LogP contribution >= 0.6 is 0 Å². The maximum atomic E-state index is 10.5. The van der Waals surface area contributed by atoms with Crippen molar-refractivity contribution < 1.29 is 14.7 Å². The zero-order valence-corrected chi connectivity index (χ0v) is 6.36. The van der Waals surface area contributed by atoms with Gasteiger partial charge in [0.25, 0.3) is 0 Å². The molecule has 4 nitrogen and oxygen atoms in total. The van der Waals surface area contributed by atoms with E-state index in [9.17, 15) is 9.59 Å². The lowest BCUT2D eigenvalue weighted by Crippen LogP contribution is -2.31. The monoisotopic (exact) mass is 157 g/mol. The molecule has 11 heavy (non-hydrogen) atoms. The molecule has 1 aliphatic heterocycles. The molecule has 0 aromatic heterocycles. The van der Waals surface area contributed by atoms with E-state index in [1.165, 1.54) is 4.90 Å². The maximum absolute atomic E-state index is 10.5. The highest BCUT2D eigenvalue weighted by Crippen LogP contribution is 2.22. The highest BCUT2D eigenvalue weighted by atomic mass is 16.4. The predicted molar refractivity (Wildman–Crippen MR) is 38.0 cm³/mol. The molecule has 1 amide bonds. The lowest BCUT2D eigenvalue weighted by atomic mass is 10.0. The van der Waals surface area contributed by atoms with Gasteiger partial charge in [-0.25, -0.2) is 0 Å². The fourth-order valence-electron chi connectivity index (χ4n) is 1.44. The Hall–Kier alpha value is -1.06. The normalized spacial score (nSPS) is 30.5. The number of amides is 1. The van der Waals surface area contributed by atoms with Gasteiger partial charge in [-0.2, -0.15) is 0 Å². The molecule has 4 heteroatoms. The number of hydrogen-bond acceptors (Lipinski definition) is 2. The zero-order chi connectivity index (χ0) is 8.43. The Morgan fingerprint density at radius 3 is 2.64 bits per heavy atom. The van der Waals surface area contributed by atoms with Crippen LogP contribution in [0.2, 0.25) is 0 Å². The summed E-state index contributed by atoms with van der Waals surface area (Å²) in [5.74, 6) is -1.18. The summed E-state index contributed by atoms with van der Waals surface area (Å²) >= 11 is 0. The van der Waals surface area contributed by atoms with Gasteiger partial charge >= 0.3 is 5.97 Å². The number of aliphatic carboxylic acids is 1. The van der Waals surface area contributed by atoms with Gasteiger partial charge in [0.2, 0.25) is 6.41 Å². The van der Waals surface area contributed by atoms with Gasteiger partial charge in [0.05, 0.1) is 5.92 Å². The lowest BCUT2D eigenvalue weighted by molar-refractivity contribution is -0.142. The van der Waals surface area contributed by atoms with Crippen molar-refractivity contribution in [3.05, 3.63) is 0 Å². The molecule has 0 bridgehead atoms. The minimum atomic E-state index is -0.804. The summed E-state index contributed by atoms with van der Waals surface area (Å²) in [5, 5.41) is 8.65. The Labute approximate surface area is 64.8 Å². The van der Waals surface area contributed by atoms with Crippen LogP contribution < -0.4 is 0 Å². The van der Waals surface area contributed by atoms with Crippen molar-refractivity contribution in [1.82, 2.24) is 4.90 Å². The van der Waals surface area contributed by atoms with Gasteiger partial charge in [-0.15, -0.1) is 0 Å². The van der Waals surface area contributed by atoms with E-state index in [1.807, 2.05) is 0 Å². The van der Waals surface area contributed by atoms with E-state index in [4.69, 9.17) is 5.11 Å². The summed E-state index contributed by atoms with van der Waals surface area (Å²) in [6.07, 6.45) is 1.29. The second kappa shape index (κ2) is 2.90. The third-order valence-corrected chi connectivity index (χ3v) is 2.26. The molecule has 0 saturated carbocycles. The van der Waals surface area contributed by atoms with Crippen molar-refractivity contribution in [2.24, 2.45) is 5.92 Å². The van der Waals surface area contributed by atoms with Gasteiger partial charge in [0.15, 0.2) is 0 Å². The van der Waals surface area contributed by atoms with Crippen LogP contribution in [0.1, 0.15) is 13.3 Å². The molecule has 0 spiro atoms. The average molecular weight is 157 g/mol. The number of hydrogen-bond donors (Lipinski definition) is 1. The van der Waals surface area contributed by atoms with Crippen molar-refractivity contribution in [2.45, 2.75) is 19.4 Å². The van der Waals surface area contributed by atoms with Crippen LogP contribution in [0.25, 0.3) is 0 Å². The molecule has 2 unspecified atom stereocenters. The third kappa shape index (κ3) is 1.34. The number of likely N-dealkylation sites (tertiary alicyclic amines) is 1. The molecule has 1 saturated heterocycles. The Kier molecular flexibility index (Phi) is 2.12. The summed E-state index contributed by atoms with van der Waals surface area (Å²) in [7, 11) is 0. The van der Waals surface area contributed by atoms with Crippen LogP contribution in [0.4, 0.5) is 0 Å². The molecule has 2 atom stereocenters. The van der Waals surface area contributed by atoms with Gasteiger partial charge in [0.1, 0.15) is 0 Å². The van der Waals surface area contributed by atoms with Crippen molar-refractivity contribution >= 4 is 12.4 Å². The first-order chi connectivity index (χ1) is 5.16. The number of carbonyl (C=O) groups excluding carboxylic acids is 1. The van der Waals surface area contributed by atoms with Crippen LogP contribution in [0.5, 0.6) is 0 Å². The first-order valence-corrected chi connectivity index (χ1v) is 3.60. The number of carboxylic acid groups (broad SMARTS) is 1. The van der Waals surface area contributed by atoms with E-state index in [1.54, 1.807) is 6.92 Å². The van der Waals surface area contributed by atoms with Crippen molar-refractivity contribution in [3.8, 4) is 0 Å². The van der Waals surface area contributed by atoms with E-state index in [0.29, 0.717) is 19.4 Å². The number of carbonyl (C=O) groups is 2. The molecular weight excluding hydrogens is 146 g/mol. The minimum Gasteiger partial charge on any atom is -0.481 e. The minimum absolute atomic E-state index is 0.148.